The van der Waals surface area contributed by atoms with Crippen LogP contribution in [0.2, 0.25) is 5.02 Å². The van der Waals surface area contributed by atoms with Crippen LogP contribution in [-0.4, -0.2) is 39.4 Å². The molecule has 7 nitrogen and oxygen atoms in total. The lowest BCUT2D eigenvalue weighted by molar-refractivity contribution is -0.121. The summed E-state index contributed by atoms with van der Waals surface area (Å²) in [5.41, 5.74) is 2.39. The summed E-state index contributed by atoms with van der Waals surface area (Å²) in [5, 5.41) is 3.21. The van der Waals surface area contributed by atoms with E-state index in [0.717, 1.165) is 15.4 Å². The quantitative estimate of drug-likeness (QED) is 0.449. The van der Waals surface area contributed by atoms with Crippen molar-refractivity contribution in [2.75, 3.05) is 20.8 Å². The molecule has 0 aliphatic carbocycles. The van der Waals surface area contributed by atoms with Crippen molar-refractivity contribution in [1.82, 2.24) is 9.62 Å². The highest BCUT2D eigenvalue weighted by molar-refractivity contribution is 7.89. The number of hydrogen-bond donors (Lipinski definition) is 1. The van der Waals surface area contributed by atoms with Gasteiger partial charge in [-0.3, -0.25) is 4.79 Å². The van der Waals surface area contributed by atoms with Gasteiger partial charge in [0.2, 0.25) is 15.9 Å². The first-order valence-electron chi connectivity index (χ1n) is 10.5. The molecule has 1 amide bonds. The number of carbonyl (C=O) groups excluding carboxylic acids is 1. The minimum absolute atomic E-state index is 0.0447. The zero-order valence-electron chi connectivity index (χ0n) is 19.2. The molecule has 0 saturated heterocycles. The second-order valence-electron chi connectivity index (χ2n) is 7.57. The van der Waals surface area contributed by atoms with Gasteiger partial charge in [0.1, 0.15) is 11.5 Å². The molecular weight excluding hydrogens is 476 g/mol. The number of sulfonamides is 1. The molecule has 0 saturated carbocycles. The van der Waals surface area contributed by atoms with E-state index in [1.54, 1.807) is 18.2 Å². The SMILES string of the molecule is COc1cccc(OC)c1CNC(=O)CN(Cc1ccccc1C)S(=O)(=O)c1ccc(Cl)cc1. The minimum atomic E-state index is -3.97. The van der Waals surface area contributed by atoms with Gasteiger partial charge in [-0.1, -0.05) is 41.9 Å². The van der Waals surface area contributed by atoms with Crippen LogP contribution in [0, 0.1) is 6.92 Å². The Labute approximate surface area is 205 Å². The van der Waals surface area contributed by atoms with Crippen molar-refractivity contribution >= 4 is 27.5 Å². The number of halogens is 1. The van der Waals surface area contributed by atoms with Gasteiger partial charge in [0, 0.05) is 11.6 Å². The predicted octanol–water partition coefficient (Wildman–Crippen LogP) is 4.17. The first-order valence-corrected chi connectivity index (χ1v) is 12.3. The molecule has 0 spiro atoms. The van der Waals surface area contributed by atoms with Crippen molar-refractivity contribution in [2.45, 2.75) is 24.9 Å². The third kappa shape index (κ3) is 6.08. The highest BCUT2D eigenvalue weighted by Gasteiger charge is 2.27. The smallest absolute Gasteiger partial charge is 0.243 e. The molecule has 180 valence electrons. The molecule has 3 rings (SSSR count). The van der Waals surface area contributed by atoms with Gasteiger partial charge in [0.15, 0.2) is 0 Å². The Morgan fingerprint density at radius 1 is 0.941 bits per heavy atom. The largest absolute Gasteiger partial charge is 0.496 e. The number of carbonyl (C=O) groups is 1. The molecule has 0 radical (unpaired) electrons. The topological polar surface area (TPSA) is 84.9 Å². The van der Waals surface area contributed by atoms with Crippen molar-refractivity contribution in [3.8, 4) is 11.5 Å². The van der Waals surface area contributed by atoms with Gasteiger partial charge >= 0.3 is 0 Å². The van der Waals surface area contributed by atoms with Gasteiger partial charge in [-0.05, 0) is 54.4 Å². The van der Waals surface area contributed by atoms with Gasteiger partial charge in [-0.15, -0.1) is 0 Å². The van der Waals surface area contributed by atoms with E-state index < -0.39 is 15.9 Å². The third-order valence-electron chi connectivity index (χ3n) is 5.37. The van der Waals surface area contributed by atoms with Crippen molar-refractivity contribution in [3.63, 3.8) is 0 Å². The number of benzene rings is 3. The lowest BCUT2D eigenvalue weighted by atomic mass is 10.1. The monoisotopic (exact) mass is 502 g/mol. The van der Waals surface area contributed by atoms with Crippen LogP contribution in [0.1, 0.15) is 16.7 Å². The fourth-order valence-corrected chi connectivity index (χ4v) is 4.96. The van der Waals surface area contributed by atoms with E-state index in [0.29, 0.717) is 22.1 Å². The van der Waals surface area contributed by atoms with Crippen LogP contribution in [0.25, 0.3) is 0 Å². The maximum Gasteiger partial charge on any atom is 0.243 e. The standard InChI is InChI=1S/C25H27ClN2O5S/c1-18-7-4-5-8-19(18)16-28(34(30,31)21-13-11-20(26)12-14-21)17-25(29)27-15-22-23(32-2)9-6-10-24(22)33-3/h4-14H,15-17H2,1-3H3,(H,27,29). The van der Waals surface area contributed by atoms with Gasteiger partial charge in [-0.25, -0.2) is 8.42 Å². The fourth-order valence-electron chi connectivity index (χ4n) is 3.46. The molecule has 3 aromatic rings. The van der Waals surface area contributed by atoms with E-state index in [1.165, 1.54) is 38.5 Å². The number of nitrogens with one attached hydrogen (secondary N) is 1. The zero-order valence-corrected chi connectivity index (χ0v) is 20.8. The molecule has 0 heterocycles. The van der Waals surface area contributed by atoms with Gasteiger partial charge in [-0.2, -0.15) is 4.31 Å². The molecule has 3 aromatic carbocycles. The average Bonchev–Trinajstić information content (AvgIpc) is 2.83. The predicted molar refractivity (Wildman–Crippen MR) is 132 cm³/mol. The van der Waals surface area contributed by atoms with Crippen LogP contribution in [0.4, 0.5) is 0 Å². The summed E-state index contributed by atoms with van der Waals surface area (Å²) in [5.74, 6) is 0.662. The summed E-state index contributed by atoms with van der Waals surface area (Å²) in [7, 11) is -0.911. The lowest BCUT2D eigenvalue weighted by Gasteiger charge is -2.23. The van der Waals surface area contributed by atoms with E-state index in [-0.39, 0.29) is 24.5 Å². The Bertz CT molecular complexity index is 1220. The summed E-state index contributed by atoms with van der Waals surface area (Å²) in [6.45, 7) is 1.70. The van der Waals surface area contributed by atoms with E-state index in [1.807, 2.05) is 31.2 Å². The molecule has 0 aliphatic rings. The Balaban J connectivity index is 1.85. The first-order chi connectivity index (χ1) is 16.3. The van der Waals surface area contributed by atoms with Crippen molar-refractivity contribution in [2.24, 2.45) is 0 Å². The fraction of sp³-hybridized carbons (Fsp3) is 0.240. The van der Waals surface area contributed by atoms with Crippen LogP contribution in [0.3, 0.4) is 0 Å². The third-order valence-corrected chi connectivity index (χ3v) is 7.43. The lowest BCUT2D eigenvalue weighted by Crippen LogP contribution is -2.40. The zero-order chi connectivity index (χ0) is 24.7. The van der Waals surface area contributed by atoms with Gasteiger partial charge in [0.25, 0.3) is 0 Å². The van der Waals surface area contributed by atoms with Gasteiger partial charge in [0.05, 0.1) is 37.8 Å². The molecule has 0 aromatic heterocycles. The van der Waals surface area contributed by atoms with Crippen LogP contribution in [-0.2, 0) is 27.9 Å². The van der Waals surface area contributed by atoms with Crippen LogP contribution < -0.4 is 14.8 Å². The number of ether oxygens (including phenoxy) is 2. The number of methoxy groups -OCH3 is 2. The molecule has 1 N–H and O–H groups in total. The summed E-state index contributed by atoms with van der Waals surface area (Å²) >= 11 is 5.93. The molecular formula is C25H27ClN2O5S. The summed E-state index contributed by atoms with van der Waals surface area (Å²) in [6.07, 6.45) is 0. The molecule has 0 atom stereocenters. The van der Waals surface area contributed by atoms with Crippen molar-refractivity contribution in [1.29, 1.82) is 0 Å². The summed E-state index contributed by atoms with van der Waals surface area (Å²) in [4.78, 5) is 13.0. The van der Waals surface area contributed by atoms with Gasteiger partial charge < -0.3 is 14.8 Å². The van der Waals surface area contributed by atoms with Crippen LogP contribution in [0.15, 0.2) is 71.6 Å². The maximum atomic E-state index is 13.4. The number of nitrogens with zero attached hydrogens (tertiary/aromatic N) is 1. The van der Waals surface area contributed by atoms with Crippen molar-refractivity contribution < 1.29 is 22.7 Å². The molecule has 0 aliphatic heterocycles. The molecule has 9 heteroatoms. The minimum Gasteiger partial charge on any atom is -0.496 e. The number of aryl methyl sites for hydroxylation is 1. The molecule has 0 unspecified atom stereocenters. The number of rotatable bonds is 10. The van der Waals surface area contributed by atoms with E-state index >= 15 is 0 Å². The Morgan fingerprint density at radius 3 is 2.15 bits per heavy atom. The first kappa shape index (κ1) is 25.6. The Hall–Kier alpha value is -3.07. The summed E-state index contributed by atoms with van der Waals surface area (Å²) in [6, 6.07) is 18.6. The second kappa shape index (κ2) is 11.4. The molecule has 0 bridgehead atoms. The highest BCUT2D eigenvalue weighted by atomic mass is 35.5. The van der Waals surface area contributed by atoms with E-state index in [4.69, 9.17) is 21.1 Å². The normalized spacial score (nSPS) is 11.3. The Kier molecular flexibility index (Phi) is 8.55. The maximum absolute atomic E-state index is 13.4. The van der Waals surface area contributed by atoms with Crippen LogP contribution >= 0.6 is 11.6 Å². The van der Waals surface area contributed by atoms with E-state index in [9.17, 15) is 13.2 Å². The molecule has 0 fully saturated rings. The molecule has 34 heavy (non-hydrogen) atoms. The van der Waals surface area contributed by atoms with Crippen molar-refractivity contribution in [3.05, 3.63) is 88.4 Å². The number of hydrogen-bond acceptors (Lipinski definition) is 5. The summed E-state index contributed by atoms with van der Waals surface area (Å²) < 4.78 is 38.8. The number of amides is 1. The second-order valence-corrected chi connectivity index (χ2v) is 9.95. The average molecular weight is 503 g/mol. The van der Waals surface area contributed by atoms with Crippen LogP contribution in [0.5, 0.6) is 11.5 Å². The Morgan fingerprint density at radius 2 is 1.56 bits per heavy atom. The highest BCUT2D eigenvalue weighted by Crippen LogP contribution is 2.28. The van der Waals surface area contributed by atoms with E-state index in [2.05, 4.69) is 5.32 Å².